The maximum absolute atomic E-state index is 11.9. The lowest BCUT2D eigenvalue weighted by Gasteiger charge is -2.13. The number of ketones is 1. The van der Waals surface area contributed by atoms with Gasteiger partial charge in [0.05, 0.1) is 11.3 Å². The summed E-state index contributed by atoms with van der Waals surface area (Å²) in [6, 6.07) is 12.4. The number of amides is 1. The molecule has 0 spiro atoms. The SMILES string of the molecule is C[C@H](OC(=O)CCC(=O)c1cccs1)C(=O)Nc1ccccc1. The summed E-state index contributed by atoms with van der Waals surface area (Å²) in [5, 5.41) is 4.46. The zero-order valence-electron chi connectivity index (χ0n) is 12.7. The Kier molecular flexibility index (Phi) is 6.05. The van der Waals surface area contributed by atoms with Crippen LogP contribution in [0.5, 0.6) is 0 Å². The van der Waals surface area contributed by atoms with Crippen LogP contribution in [0.1, 0.15) is 29.4 Å². The van der Waals surface area contributed by atoms with E-state index >= 15 is 0 Å². The number of esters is 1. The van der Waals surface area contributed by atoms with Crippen molar-refractivity contribution in [1.82, 2.24) is 0 Å². The van der Waals surface area contributed by atoms with Crippen LogP contribution < -0.4 is 5.32 Å². The lowest BCUT2D eigenvalue weighted by Crippen LogP contribution is -2.30. The van der Waals surface area contributed by atoms with Crippen molar-refractivity contribution in [2.75, 3.05) is 5.32 Å². The molecule has 1 aromatic carbocycles. The highest BCUT2D eigenvalue weighted by Gasteiger charge is 2.19. The predicted octanol–water partition coefficient (Wildman–Crippen LogP) is 3.28. The van der Waals surface area contributed by atoms with Gasteiger partial charge in [0.2, 0.25) is 0 Å². The van der Waals surface area contributed by atoms with E-state index in [9.17, 15) is 14.4 Å². The molecule has 0 aliphatic rings. The summed E-state index contributed by atoms with van der Waals surface area (Å²) in [7, 11) is 0. The van der Waals surface area contributed by atoms with Crippen LogP contribution in [0.2, 0.25) is 0 Å². The summed E-state index contributed by atoms with van der Waals surface area (Å²) in [6.45, 7) is 1.50. The van der Waals surface area contributed by atoms with Gasteiger partial charge in [-0.1, -0.05) is 24.3 Å². The number of benzene rings is 1. The molecule has 0 aliphatic heterocycles. The Morgan fingerprint density at radius 3 is 2.48 bits per heavy atom. The van der Waals surface area contributed by atoms with Gasteiger partial charge < -0.3 is 10.1 Å². The molecule has 23 heavy (non-hydrogen) atoms. The predicted molar refractivity (Wildman–Crippen MR) is 88.5 cm³/mol. The molecule has 0 saturated heterocycles. The van der Waals surface area contributed by atoms with Crippen molar-refractivity contribution in [3.63, 3.8) is 0 Å². The molecule has 2 aromatic rings. The second-order valence-corrected chi connectivity index (χ2v) is 5.84. The minimum Gasteiger partial charge on any atom is -0.453 e. The minimum absolute atomic E-state index is 0.0420. The van der Waals surface area contributed by atoms with Gasteiger partial charge in [-0.25, -0.2) is 0 Å². The van der Waals surface area contributed by atoms with E-state index in [0.29, 0.717) is 10.6 Å². The van der Waals surface area contributed by atoms with Gasteiger partial charge in [0.15, 0.2) is 11.9 Å². The molecule has 120 valence electrons. The number of para-hydroxylation sites is 1. The number of carbonyl (C=O) groups is 3. The molecule has 5 nitrogen and oxygen atoms in total. The molecule has 1 heterocycles. The first-order valence-electron chi connectivity index (χ1n) is 7.18. The number of nitrogens with one attached hydrogen (secondary N) is 1. The highest BCUT2D eigenvalue weighted by Crippen LogP contribution is 2.13. The molecule has 1 N–H and O–H groups in total. The van der Waals surface area contributed by atoms with Crippen LogP contribution >= 0.6 is 11.3 Å². The fourth-order valence-electron chi connectivity index (χ4n) is 1.85. The quantitative estimate of drug-likeness (QED) is 0.624. The van der Waals surface area contributed by atoms with Crippen LogP contribution in [0.3, 0.4) is 0 Å². The number of carbonyl (C=O) groups excluding carboxylic acids is 3. The molecule has 2 rings (SSSR count). The first-order chi connectivity index (χ1) is 11.1. The van der Waals surface area contributed by atoms with Crippen molar-refractivity contribution in [2.24, 2.45) is 0 Å². The number of ether oxygens (including phenoxy) is 1. The van der Waals surface area contributed by atoms with E-state index in [1.165, 1.54) is 18.3 Å². The topological polar surface area (TPSA) is 72.5 Å². The summed E-state index contributed by atoms with van der Waals surface area (Å²) in [5.74, 6) is -1.07. The van der Waals surface area contributed by atoms with Gasteiger partial charge in [0.25, 0.3) is 5.91 Å². The Hall–Kier alpha value is -2.47. The van der Waals surface area contributed by atoms with Gasteiger partial charge in [0, 0.05) is 12.1 Å². The van der Waals surface area contributed by atoms with E-state index in [0.717, 1.165) is 0 Å². The fourth-order valence-corrected chi connectivity index (χ4v) is 2.55. The number of rotatable bonds is 7. The van der Waals surface area contributed by atoms with Crippen LogP contribution in [-0.4, -0.2) is 23.8 Å². The smallest absolute Gasteiger partial charge is 0.307 e. The molecule has 0 aliphatic carbocycles. The molecule has 0 unspecified atom stereocenters. The maximum Gasteiger partial charge on any atom is 0.307 e. The summed E-state index contributed by atoms with van der Waals surface area (Å²) in [6.07, 6.45) is -0.883. The molecule has 0 fully saturated rings. The number of hydrogen-bond acceptors (Lipinski definition) is 5. The van der Waals surface area contributed by atoms with E-state index in [2.05, 4.69) is 5.32 Å². The highest BCUT2D eigenvalue weighted by molar-refractivity contribution is 7.12. The van der Waals surface area contributed by atoms with Crippen LogP contribution in [0.15, 0.2) is 47.8 Å². The monoisotopic (exact) mass is 331 g/mol. The van der Waals surface area contributed by atoms with E-state index in [1.54, 1.807) is 36.4 Å². The molecule has 6 heteroatoms. The van der Waals surface area contributed by atoms with Gasteiger partial charge in [-0.15, -0.1) is 11.3 Å². The third kappa shape index (κ3) is 5.34. The van der Waals surface area contributed by atoms with E-state index < -0.39 is 18.0 Å². The molecule has 1 atom stereocenters. The Balaban J connectivity index is 1.75. The van der Waals surface area contributed by atoms with E-state index in [4.69, 9.17) is 4.74 Å². The summed E-state index contributed by atoms with van der Waals surface area (Å²) >= 11 is 1.34. The largest absolute Gasteiger partial charge is 0.453 e. The van der Waals surface area contributed by atoms with Crippen molar-refractivity contribution in [1.29, 1.82) is 0 Å². The molecule has 0 saturated carbocycles. The average molecular weight is 331 g/mol. The van der Waals surface area contributed by atoms with Gasteiger partial charge in [-0.2, -0.15) is 0 Å². The zero-order valence-corrected chi connectivity index (χ0v) is 13.5. The summed E-state index contributed by atoms with van der Waals surface area (Å²) < 4.78 is 5.05. The zero-order chi connectivity index (χ0) is 16.7. The Bertz CT molecular complexity index is 667. The number of hydrogen-bond donors (Lipinski definition) is 1. The number of Topliss-reactive ketones (excluding diaryl/α,β-unsaturated/α-hetero) is 1. The number of thiophene rings is 1. The summed E-state index contributed by atoms with van der Waals surface area (Å²) in [5.41, 5.74) is 0.633. The van der Waals surface area contributed by atoms with Crippen LogP contribution in [0.4, 0.5) is 5.69 Å². The first kappa shape index (κ1) is 16.9. The minimum atomic E-state index is -0.917. The van der Waals surface area contributed by atoms with Gasteiger partial charge >= 0.3 is 5.97 Å². The average Bonchev–Trinajstić information content (AvgIpc) is 3.08. The molecule has 0 radical (unpaired) electrons. The van der Waals surface area contributed by atoms with Crippen molar-refractivity contribution in [3.8, 4) is 0 Å². The molecular weight excluding hydrogens is 314 g/mol. The molecule has 1 amide bonds. The highest BCUT2D eigenvalue weighted by atomic mass is 32.1. The van der Waals surface area contributed by atoms with E-state index in [1.807, 2.05) is 11.4 Å². The summed E-state index contributed by atoms with van der Waals surface area (Å²) in [4.78, 5) is 36.1. The van der Waals surface area contributed by atoms with Crippen molar-refractivity contribution in [3.05, 3.63) is 52.7 Å². The molecule has 1 aromatic heterocycles. The van der Waals surface area contributed by atoms with Crippen molar-refractivity contribution in [2.45, 2.75) is 25.9 Å². The first-order valence-corrected chi connectivity index (χ1v) is 8.06. The van der Waals surface area contributed by atoms with Gasteiger partial charge in [-0.3, -0.25) is 14.4 Å². The molecular formula is C17H17NO4S. The van der Waals surface area contributed by atoms with Crippen molar-refractivity contribution >= 4 is 34.7 Å². The standard InChI is InChI=1S/C17H17NO4S/c1-12(17(21)18-13-6-3-2-4-7-13)22-16(20)10-9-14(19)15-8-5-11-23-15/h2-8,11-12H,9-10H2,1H3,(H,18,21)/t12-/m0/s1. The Morgan fingerprint density at radius 1 is 1.09 bits per heavy atom. The van der Waals surface area contributed by atoms with Crippen molar-refractivity contribution < 1.29 is 19.1 Å². The van der Waals surface area contributed by atoms with Crippen LogP contribution in [0, 0.1) is 0 Å². The third-order valence-corrected chi connectivity index (χ3v) is 3.98. The van der Waals surface area contributed by atoms with Crippen LogP contribution in [0.25, 0.3) is 0 Å². The lowest BCUT2D eigenvalue weighted by atomic mass is 10.2. The fraction of sp³-hybridized carbons (Fsp3) is 0.235. The lowest BCUT2D eigenvalue weighted by molar-refractivity contribution is -0.153. The van der Waals surface area contributed by atoms with E-state index in [-0.39, 0.29) is 18.6 Å². The third-order valence-electron chi connectivity index (χ3n) is 3.07. The Labute approximate surface area is 138 Å². The van der Waals surface area contributed by atoms with Gasteiger partial charge in [0.1, 0.15) is 0 Å². The second-order valence-electron chi connectivity index (χ2n) is 4.89. The maximum atomic E-state index is 11.9. The van der Waals surface area contributed by atoms with Gasteiger partial charge in [-0.05, 0) is 30.5 Å². The Morgan fingerprint density at radius 2 is 1.83 bits per heavy atom. The van der Waals surface area contributed by atoms with Crippen LogP contribution in [-0.2, 0) is 14.3 Å². The second kappa shape index (κ2) is 8.24. The number of anilines is 1. The normalized spacial score (nSPS) is 11.5. The molecule has 0 bridgehead atoms.